The van der Waals surface area contributed by atoms with Crippen molar-refractivity contribution in [2.45, 2.75) is 6.54 Å². The molecule has 0 saturated heterocycles. The summed E-state index contributed by atoms with van der Waals surface area (Å²) in [6.45, 7) is 1.72. The van der Waals surface area contributed by atoms with Crippen LogP contribution in [0.2, 0.25) is 0 Å². The van der Waals surface area contributed by atoms with E-state index in [1.165, 1.54) is 10.9 Å². The monoisotopic (exact) mass is 237 g/mol. The molecular formula is C12H16ClN3. The maximum atomic E-state index is 5.72. The lowest BCUT2D eigenvalue weighted by molar-refractivity contribution is 0.343. The van der Waals surface area contributed by atoms with E-state index in [4.69, 9.17) is 11.6 Å². The lowest BCUT2D eigenvalue weighted by Crippen LogP contribution is -2.20. The zero-order valence-corrected chi connectivity index (χ0v) is 10.4. The van der Waals surface area contributed by atoms with E-state index in [0.717, 1.165) is 18.8 Å². The maximum absolute atomic E-state index is 5.72. The molecule has 0 aliphatic carbocycles. The molecule has 0 amide bonds. The Hall–Kier alpha value is -1.06. The largest absolute Gasteiger partial charge is 0.299 e. The van der Waals surface area contributed by atoms with Gasteiger partial charge in [-0.1, -0.05) is 18.2 Å². The summed E-state index contributed by atoms with van der Waals surface area (Å²) in [7, 11) is 4.04. The summed E-state index contributed by atoms with van der Waals surface area (Å²) in [5.41, 5.74) is 2.29. The van der Waals surface area contributed by atoms with Crippen molar-refractivity contribution in [2.75, 3.05) is 19.5 Å². The Bertz CT molecular complexity index is 478. The van der Waals surface area contributed by atoms with E-state index in [0.29, 0.717) is 5.88 Å². The van der Waals surface area contributed by atoms with Gasteiger partial charge >= 0.3 is 0 Å². The third kappa shape index (κ3) is 2.20. The Morgan fingerprint density at radius 2 is 2.12 bits per heavy atom. The van der Waals surface area contributed by atoms with Crippen LogP contribution in [0.25, 0.3) is 10.9 Å². The number of hydrogen-bond acceptors (Lipinski definition) is 2. The number of rotatable bonds is 4. The Kier molecular flexibility index (Phi) is 3.46. The van der Waals surface area contributed by atoms with Gasteiger partial charge in [-0.25, -0.2) is 0 Å². The predicted octanol–water partition coefficient (Wildman–Crippen LogP) is 2.24. The fourth-order valence-electron chi connectivity index (χ4n) is 1.88. The Balaban J connectivity index is 2.31. The molecule has 3 nitrogen and oxygen atoms in total. The summed E-state index contributed by atoms with van der Waals surface area (Å²) in [6.07, 6.45) is 0. The fraction of sp³-hybridized carbons (Fsp3) is 0.417. The molecule has 2 rings (SSSR count). The Morgan fingerprint density at radius 3 is 2.88 bits per heavy atom. The van der Waals surface area contributed by atoms with Crippen molar-refractivity contribution in [2.24, 2.45) is 7.05 Å². The van der Waals surface area contributed by atoms with Gasteiger partial charge in [-0.15, -0.1) is 11.6 Å². The van der Waals surface area contributed by atoms with Gasteiger partial charge in [0.05, 0.1) is 11.2 Å². The molecule has 0 bridgehead atoms. The summed E-state index contributed by atoms with van der Waals surface area (Å²) in [6, 6.07) is 8.30. The molecule has 4 heteroatoms. The zero-order valence-electron chi connectivity index (χ0n) is 9.65. The molecule has 0 radical (unpaired) electrons. The van der Waals surface area contributed by atoms with E-state index in [9.17, 15) is 0 Å². The number of aryl methyl sites for hydroxylation is 1. The van der Waals surface area contributed by atoms with Crippen LogP contribution in [-0.4, -0.2) is 34.2 Å². The van der Waals surface area contributed by atoms with Crippen molar-refractivity contribution >= 4 is 22.5 Å². The van der Waals surface area contributed by atoms with Crippen LogP contribution in [0, 0.1) is 0 Å². The van der Waals surface area contributed by atoms with E-state index in [-0.39, 0.29) is 0 Å². The van der Waals surface area contributed by atoms with Crippen LogP contribution in [0.1, 0.15) is 5.69 Å². The van der Waals surface area contributed by atoms with Crippen LogP contribution >= 0.6 is 11.6 Å². The van der Waals surface area contributed by atoms with Crippen molar-refractivity contribution in [1.29, 1.82) is 0 Å². The van der Waals surface area contributed by atoms with Crippen molar-refractivity contribution in [3.63, 3.8) is 0 Å². The standard InChI is InChI=1S/C12H16ClN3/c1-15(8-7-13)9-11-10-5-3-4-6-12(10)16(2)14-11/h3-6H,7-9H2,1-2H3. The number of halogens is 1. The highest BCUT2D eigenvalue weighted by Gasteiger charge is 2.09. The lowest BCUT2D eigenvalue weighted by Gasteiger charge is -2.12. The molecule has 0 unspecified atom stereocenters. The average molecular weight is 238 g/mol. The molecule has 0 fully saturated rings. The van der Waals surface area contributed by atoms with Crippen LogP contribution in [0.4, 0.5) is 0 Å². The first-order valence-electron chi connectivity index (χ1n) is 5.37. The molecule has 2 aromatic rings. The molecule has 16 heavy (non-hydrogen) atoms. The third-order valence-electron chi connectivity index (χ3n) is 2.72. The van der Waals surface area contributed by atoms with Gasteiger partial charge in [-0.3, -0.25) is 9.58 Å². The van der Waals surface area contributed by atoms with Gasteiger partial charge in [0.2, 0.25) is 0 Å². The summed E-state index contributed by atoms with van der Waals surface area (Å²) >= 11 is 5.72. The molecule has 0 aliphatic rings. The van der Waals surface area contributed by atoms with Gasteiger partial charge in [0.15, 0.2) is 0 Å². The molecule has 0 N–H and O–H groups in total. The van der Waals surface area contributed by atoms with Crippen molar-refractivity contribution in [1.82, 2.24) is 14.7 Å². The van der Waals surface area contributed by atoms with Gasteiger partial charge in [-0.2, -0.15) is 5.10 Å². The highest BCUT2D eigenvalue weighted by molar-refractivity contribution is 6.18. The first-order chi connectivity index (χ1) is 7.72. The van der Waals surface area contributed by atoms with E-state index in [1.54, 1.807) is 0 Å². The minimum Gasteiger partial charge on any atom is -0.299 e. The Labute approximate surface area is 101 Å². The van der Waals surface area contributed by atoms with Gasteiger partial charge in [0.1, 0.15) is 0 Å². The number of benzene rings is 1. The first-order valence-corrected chi connectivity index (χ1v) is 5.91. The second-order valence-corrected chi connectivity index (χ2v) is 4.39. The second kappa shape index (κ2) is 4.85. The number of fused-ring (bicyclic) bond motifs is 1. The highest BCUT2D eigenvalue weighted by Crippen LogP contribution is 2.18. The van der Waals surface area contributed by atoms with Crippen molar-refractivity contribution < 1.29 is 0 Å². The first kappa shape index (κ1) is 11.4. The molecule has 0 aliphatic heterocycles. The third-order valence-corrected chi connectivity index (χ3v) is 2.89. The molecule has 1 aromatic heterocycles. The molecule has 1 heterocycles. The smallest absolute Gasteiger partial charge is 0.0843 e. The van der Waals surface area contributed by atoms with E-state index >= 15 is 0 Å². The molecule has 0 saturated carbocycles. The highest BCUT2D eigenvalue weighted by atomic mass is 35.5. The van der Waals surface area contributed by atoms with E-state index in [1.807, 2.05) is 17.8 Å². The van der Waals surface area contributed by atoms with Crippen LogP contribution in [0.5, 0.6) is 0 Å². The van der Waals surface area contributed by atoms with Gasteiger partial charge in [0.25, 0.3) is 0 Å². The normalized spacial score (nSPS) is 11.5. The van der Waals surface area contributed by atoms with E-state index in [2.05, 4.69) is 35.2 Å². The fourth-order valence-corrected chi connectivity index (χ4v) is 2.17. The summed E-state index contributed by atoms with van der Waals surface area (Å²) in [5, 5.41) is 5.77. The van der Waals surface area contributed by atoms with Crippen molar-refractivity contribution in [3.05, 3.63) is 30.0 Å². The van der Waals surface area contributed by atoms with Crippen LogP contribution in [0.3, 0.4) is 0 Å². The van der Waals surface area contributed by atoms with Crippen LogP contribution in [-0.2, 0) is 13.6 Å². The zero-order chi connectivity index (χ0) is 11.5. The Morgan fingerprint density at radius 1 is 1.38 bits per heavy atom. The summed E-state index contributed by atoms with van der Waals surface area (Å²) < 4.78 is 1.93. The molecule has 86 valence electrons. The predicted molar refractivity (Wildman–Crippen MR) is 67.8 cm³/mol. The molecule has 0 spiro atoms. The number of alkyl halides is 1. The number of hydrogen-bond donors (Lipinski definition) is 0. The van der Waals surface area contributed by atoms with Gasteiger partial charge < -0.3 is 0 Å². The second-order valence-electron chi connectivity index (χ2n) is 4.01. The lowest BCUT2D eigenvalue weighted by atomic mass is 10.2. The van der Waals surface area contributed by atoms with Crippen LogP contribution < -0.4 is 0 Å². The minimum absolute atomic E-state index is 0.654. The quantitative estimate of drug-likeness (QED) is 0.761. The van der Waals surface area contributed by atoms with Crippen molar-refractivity contribution in [3.8, 4) is 0 Å². The number of aromatic nitrogens is 2. The molecule has 0 atom stereocenters. The van der Waals surface area contributed by atoms with Gasteiger partial charge in [0, 0.05) is 31.4 Å². The van der Waals surface area contributed by atoms with Gasteiger partial charge in [-0.05, 0) is 13.1 Å². The molecular weight excluding hydrogens is 222 g/mol. The van der Waals surface area contributed by atoms with Crippen LogP contribution in [0.15, 0.2) is 24.3 Å². The average Bonchev–Trinajstić information content (AvgIpc) is 2.57. The van der Waals surface area contributed by atoms with E-state index < -0.39 is 0 Å². The SMILES string of the molecule is CN(CCCl)Cc1nn(C)c2ccccc12. The minimum atomic E-state index is 0.654. The molecule has 1 aromatic carbocycles. The maximum Gasteiger partial charge on any atom is 0.0843 e. The topological polar surface area (TPSA) is 21.1 Å². The number of para-hydroxylation sites is 1. The number of nitrogens with zero attached hydrogens (tertiary/aromatic N) is 3. The summed E-state index contributed by atoms with van der Waals surface area (Å²) in [4.78, 5) is 2.18. The summed E-state index contributed by atoms with van der Waals surface area (Å²) in [5.74, 6) is 0.654.